The number of hydrogen-bond acceptors (Lipinski definition) is 3. The van der Waals surface area contributed by atoms with Gasteiger partial charge in [-0.15, -0.1) is 23.2 Å². The van der Waals surface area contributed by atoms with Gasteiger partial charge in [-0.2, -0.15) is 0 Å². The van der Waals surface area contributed by atoms with Crippen molar-refractivity contribution in [1.29, 1.82) is 0 Å². The zero-order chi connectivity index (χ0) is 31.9. The standard InChI is InChI=1S/C17H17Cl2NO.C15H16ClN.C2H2Cl2O/c1-3-13-7-9-14(10-8-13)20(16(21)11-18)17-12(2)5-4-6-15(17)19;1-3-12-7-9-13(10-8-12)17-15-11(2)5-4-6-14(15)16;3-1-2(4)5/h4-10H,3,11H2,1-2H3;4-10,17H,3H2,1-2H3;1H2. The summed E-state index contributed by atoms with van der Waals surface area (Å²) in [7, 11) is 0. The normalized spacial score (nSPS) is 10.1. The van der Waals surface area contributed by atoms with Crippen LogP contribution in [0.5, 0.6) is 0 Å². The van der Waals surface area contributed by atoms with Gasteiger partial charge in [-0.25, -0.2) is 0 Å². The van der Waals surface area contributed by atoms with Gasteiger partial charge >= 0.3 is 0 Å². The third-order valence-electron chi connectivity index (χ3n) is 6.34. The molecule has 0 spiro atoms. The average Bonchev–Trinajstić information content (AvgIpc) is 3.01. The van der Waals surface area contributed by atoms with Gasteiger partial charge in [0.1, 0.15) is 5.88 Å². The van der Waals surface area contributed by atoms with Gasteiger partial charge in [0.25, 0.3) is 0 Å². The second-order valence-electron chi connectivity index (χ2n) is 9.38. The molecule has 9 heteroatoms. The summed E-state index contributed by atoms with van der Waals surface area (Å²) in [6.45, 7) is 8.22. The molecule has 228 valence electrons. The molecular formula is C34H35Cl5N2O2. The van der Waals surface area contributed by atoms with Gasteiger partial charge in [0.05, 0.1) is 27.3 Å². The van der Waals surface area contributed by atoms with E-state index in [1.165, 1.54) is 11.1 Å². The van der Waals surface area contributed by atoms with E-state index in [9.17, 15) is 9.59 Å². The van der Waals surface area contributed by atoms with Crippen LogP contribution >= 0.6 is 58.0 Å². The number of nitrogens with zero attached hydrogens (tertiary/aromatic N) is 1. The summed E-state index contributed by atoms with van der Waals surface area (Å²) < 4.78 is 0. The molecule has 0 radical (unpaired) electrons. The predicted molar refractivity (Wildman–Crippen MR) is 187 cm³/mol. The van der Waals surface area contributed by atoms with E-state index >= 15 is 0 Å². The Kier molecular flexibility index (Phi) is 16.0. The molecular weight excluding hydrogens is 646 g/mol. The summed E-state index contributed by atoms with van der Waals surface area (Å²) in [6.07, 6.45) is 2.01. The molecule has 0 aliphatic heterocycles. The van der Waals surface area contributed by atoms with Crippen LogP contribution in [0.4, 0.5) is 22.7 Å². The van der Waals surface area contributed by atoms with Crippen LogP contribution in [0.2, 0.25) is 10.0 Å². The van der Waals surface area contributed by atoms with E-state index in [1.807, 2.05) is 55.5 Å². The highest BCUT2D eigenvalue weighted by atomic mass is 35.5. The van der Waals surface area contributed by atoms with Crippen LogP contribution in [-0.2, 0) is 22.4 Å². The Morgan fingerprint density at radius 3 is 1.63 bits per heavy atom. The largest absolute Gasteiger partial charge is 0.354 e. The maximum atomic E-state index is 12.3. The molecule has 4 rings (SSSR count). The van der Waals surface area contributed by atoms with Crippen molar-refractivity contribution in [2.45, 2.75) is 40.5 Å². The van der Waals surface area contributed by atoms with Gasteiger partial charge in [-0.3, -0.25) is 14.5 Å². The molecule has 0 aliphatic carbocycles. The molecule has 0 atom stereocenters. The van der Waals surface area contributed by atoms with E-state index < -0.39 is 5.24 Å². The predicted octanol–water partition coefficient (Wildman–Crippen LogP) is 11.1. The fourth-order valence-corrected chi connectivity index (χ4v) is 4.70. The van der Waals surface area contributed by atoms with Crippen LogP contribution in [-0.4, -0.2) is 22.9 Å². The Hall–Kier alpha value is -2.73. The Labute approximate surface area is 279 Å². The molecule has 0 saturated heterocycles. The minimum absolute atomic E-state index is 0.0957. The Morgan fingerprint density at radius 2 is 1.19 bits per heavy atom. The van der Waals surface area contributed by atoms with Crippen LogP contribution in [0, 0.1) is 13.8 Å². The Bertz CT molecular complexity index is 1440. The molecule has 43 heavy (non-hydrogen) atoms. The minimum Gasteiger partial charge on any atom is -0.354 e. The highest BCUT2D eigenvalue weighted by Crippen LogP contribution is 2.35. The van der Waals surface area contributed by atoms with Gasteiger partial charge in [-0.1, -0.05) is 85.6 Å². The highest BCUT2D eigenvalue weighted by molar-refractivity contribution is 6.67. The maximum Gasteiger partial charge on any atom is 0.246 e. The Balaban J connectivity index is 0.000000264. The minimum atomic E-state index is -0.508. The number of carbonyl (C=O) groups is 2. The molecule has 4 aromatic carbocycles. The van der Waals surface area contributed by atoms with E-state index in [0.29, 0.717) is 10.7 Å². The number of alkyl halides is 2. The number of hydrogen-bond donors (Lipinski definition) is 1. The fraction of sp³-hybridized carbons (Fsp3) is 0.235. The number of para-hydroxylation sites is 2. The van der Waals surface area contributed by atoms with Crippen molar-refractivity contribution in [2.24, 2.45) is 0 Å². The topological polar surface area (TPSA) is 49.4 Å². The quantitative estimate of drug-likeness (QED) is 0.149. The zero-order valence-electron chi connectivity index (χ0n) is 24.6. The molecule has 1 N–H and O–H groups in total. The molecule has 0 aromatic heterocycles. The molecule has 4 aromatic rings. The van der Waals surface area contributed by atoms with E-state index in [-0.39, 0.29) is 17.7 Å². The van der Waals surface area contributed by atoms with Gasteiger partial charge in [0, 0.05) is 11.4 Å². The number of benzene rings is 4. The monoisotopic (exact) mass is 678 g/mol. The van der Waals surface area contributed by atoms with Gasteiger partial charge in [-0.05, 0) is 96.9 Å². The van der Waals surface area contributed by atoms with Gasteiger partial charge in [0.15, 0.2) is 0 Å². The van der Waals surface area contributed by atoms with E-state index in [1.54, 1.807) is 11.0 Å². The van der Waals surface area contributed by atoms with E-state index in [0.717, 1.165) is 46.1 Å². The van der Waals surface area contributed by atoms with Crippen LogP contribution in [0.3, 0.4) is 0 Å². The zero-order valence-corrected chi connectivity index (χ0v) is 28.3. The molecule has 0 unspecified atom stereocenters. The number of halogens is 5. The summed E-state index contributed by atoms with van der Waals surface area (Å²) in [4.78, 5) is 23.3. The van der Waals surface area contributed by atoms with E-state index in [2.05, 4.69) is 56.4 Å². The van der Waals surface area contributed by atoms with Crippen LogP contribution in [0.25, 0.3) is 0 Å². The number of carbonyl (C=O) groups excluding carboxylic acids is 2. The van der Waals surface area contributed by atoms with Crippen molar-refractivity contribution in [2.75, 3.05) is 22.0 Å². The third kappa shape index (κ3) is 11.4. The maximum absolute atomic E-state index is 12.3. The first-order chi connectivity index (χ1) is 20.6. The summed E-state index contributed by atoms with van der Waals surface area (Å²) in [5.74, 6) is -0.390. The molecule has 0 aliphatic rings. The number of anilines is 4. The molecule has 1 amide bonds. The molecule has 0 saturated carbocycles. The summed E-state index contributed by atoms with van der Waals surface area (Å²) in [5.41, 5.74) is 8.15. The number of amides is 1. The lowest BCUT2D eigenvalue weighted by Gasteiger charge is -2.25. The smallest absolute Gasteiger partial charge is 0.246 e. The first kappa shape index (κ1) is 36.5. The number of rotatable bonds is 8. The van der Waals surface area contributed by atoms with Gasteiger partial charge < -0.3 is 5.32 Å². The van der Waals surface area contributed by atoms with Crippen LogP contribution < -0.4 is 10.2 Å². The van der Waals surface area contributed by atoms with Crippen molar-refractivity contribution in [3.8, 4) is 0 Å². The first-order valence-electron chi connectivity index (χ1n) is 13.6. The van der Waals surface area contributed by atoms with Crippen LogP contribution in [0.15, 0.2) is 84.9 Å². The molecule has 0 fully saturated rings. The second kappa shape index (κ2) is 18.8. The number of aryl methyl sites for hydroxylation is 4. The van der Waals surface area contributed by atoms with Gasteiger partial charge in [0.2, 0.25) is 11.1 Å². The number of nitrogens with one attached hydrogen (secondary N) is 1. The Morgan fingerprint density at radius 1 is 0.698 bits per heavy atom. The molecule has 0 bridgehead atoms. The lowest BCUT2D eigenvalue weighted by molar-refractivity contribution is -0.115. The third-order valence-corrected chi connectivity index (χ3v) is 7.70. The fourth-order valence-electron chi connectivity index (χ4n) is 4.00. The van der Waals surface area contributed by atoms with Crippen molar-refractivity contribution in [3.63, 3.8) is 0 Å². The molecule has 4 nitrogen and oxygen atoms in total. The summed E-state index contributed by atoms with van der Waals surface area (Å²) in [6, 6.07) is 27.8. The van der Waals surface area contributed by atoms with Crippen molar-refractivity contribution < 1.29 is 9.59 Å². The molecule has 0 heterocycles. The van der Waals surface area contributed by atoms with Crippen LogP contribution in [0.1, 0.15) is 36.1 Å². The van der Waals surface area contributed by atoms with Crippen molar-refractivity contribution in [1.82, 2.24) is 0 Å². The SMILES string of the molecule is CCc1ccc(N(C(=O)CCl)c2c(C)cccc2Cl)cc1.CCc1ccc(Nc2c(C)cccc2Cl)cc1.O=C(Cl)CCl. The summed E-state index contributed by atoms with van der Waals surface area (Å²) >= 11 is 27.8. The van der Waals surface area contributed by atoms with Crippen molar-refractivity contribution >= 4 is 91.9 Å². The highest BCUT2D eigenvalue weighted by Gasteiger charge is 2.21. The second-order valence-corrected chi connectivity index (χ2v) is 11.2. The lowest BCUT2D eigenvalue weighted by atomic mass is 10.1. The average molecular weight is 681 g/mol. The summed E-state index contributed by atoms with van der Waals surface area (Å²) in [5, 5.41) is 4.14. The first-order valence-corrected chi connectivity index (χ1v) is 15.8. The lowest BCUT2D eigenvalue weighted by Crippen LogP contribution is -2.28. The van der Waals surface area contributed by atoms with Crippen molar-refractivity contribution in [3.05, 3.63) is 117 Å². The van der Waals surface area contributed by atoms with E-state index in [4.69, 9.17) is 58.0 Å².